The molecule has 130 valence electrons. The van der Waals surface area contributed by atoms with Gasteiger partial charge in [-0.25, -0.2) is 4.79 Å². The van der Waals surface area contributed by atoms with Crippen LogP contribution in [0.2, 0.25) is 0 Å². The SMILES string of the molecule is CN(C(=O)OC(C)(C)C)C(C)(C=O)c1cn(C)nc1C(C)(C)C. The first-order valence-electron chi connectivity index (χ1n) is 7.70. The number of amides is 1. The average Bonchev–Trinajstić information content (AvgIpc) is 2.77. The number of carbonyl (C=O) groups excluding carboxylic acids is 2. The lowest BCUT2D eigenvalue weighted by atomic mass is 9.82. The van der Waals surface area contributed by atoms with E-state index in [1.807, 2.05) is 20.8 Å². The van der Waals surface area contributed by atoms with Crippen molar-refractivity contribution in [1.29, 1.82) is 0 Å². The van der Waals surface area contributed by atoms with Gasteiger partial charge in [0.2, 0.25) is 0 Å². The number of aldehydes is 1. The van der Waals surface area contributed by atoms with Crippen LogP contribution in [0.25, 0.3) is 0 Å². The van der Waals surface area contributed by atoms with Gasteiger partial charge < -0.3 is 9.53 Å². The van der Waals surface area contributed by atoms with Crippen LogP contribution in [-0.2, 0) is 27.5 Å². The van der Waals surface area contributed by atoms with Crippen molar-refractivity contribution >= 4 is 12.4 Å². The molecule has 6 heteroatoms. The lowest BCUT2D eigenvalue weighted by Gasteiger charge is -2.36. The van der Waals surface area contributed by atoms with Gasteiger partial charge in [0.05, 0.1) is 5.69 Å². The van der Waals surface area contributed by atoms with Crippen molar-refractivity contribution in [2.45, 2.75) is 65.0 Å². The molecule has 6 nitrogen and oxygen atoms in total. The number of aromatic nitrogens is 2. The van der Waals surface area contributed by atoms with Crippen molar-refractivity contribution in [1.82, 2.24) is 14.7 Å². The molecule has 0 radical (unpaired) electrons. The molecule has 0 spiro atoms. The van der Waals surface area contributed by atoms with Gasteiger partial charge in [-0.2, -0.15) is 5.10 Å². The molecule has 1 rings (SSSR count). The van der Waals surface area contributed by atoms with Crippen molar-refractivity contribution in [3.8, 4) is 0 Å². The Morgan fingerprint density at radius 3 is 2.13 bits per heavy atom. The molecule has 1 aromatic rings. The second-order valence-corrected chi connectivity index (χ2v) is 8.12. The molecular weight excluding hydrogens is 294 g/mol. The highest BCUT2D eigenvalue weighted by molar-refractivity contribution is 5.78. The fourth-order valence-corrected chi connectivity index (χ4v) is 2.26. The smallest absolute Gasteiger partial charge is 0.411 e. The topological polar surface area (TPSA) is 64.4 Å². The van der Waals surface area contributed by atoms with Gasteiger partial charge in [-0.05, 0) is 27.7 Å². The van der Waals surface area contributed by atoms with Crippen molar-refractivity contribution in [3.63, 3.8) is 0 Å². The van der Waals surface area contributed by atoms with Gasteiger partial charge in [-0.1, -0.05) is 20.8 Å². The molecular formula is C17H29N3O3. The quantitative estimate of drug-likeness (QED) is 0.802. The zero-order valence-electron chi connectivity index (χ0n) is 15.7. The van der Waals surface area contributed by atoms with E-state index in [4.69, 9.17) is 4.74 Å². The van der Waals surface area contributed by atoms with Crippen LogP contribution >= 0.6 is 0 Å². The summed E-state index contributed by atoms with van der Waals surface area (Å²) < 4.78 is 7.07. The first-order chi connectivity index (χ1) is 10.2. The van der Waals surface area contributed by atoms with Gasteiger partial charge in [0.25, 0.3) is 0 Å². The predicted molar refractivity (Wildman–Crippen MR) is 89.3 cm³/mol. The van der Waals surface area contributed by atoms with Crippen molar-refractivity contribution < 1.29 is 14.3 Å². The monoisotopic (exact) mass is 323 g/mol. The molecule has 0 aliphatic heterocycles. The standard InChI is InChI=1S/C17H29N3O3/c1-15(2,3)13-12(10-19(8)18-13)17(7,11-21)20(9)14(22)23-16(4,5)6/h10-11H,1-9H3. The number of nitrogens with zero attached hydrogens (tertiary/aromatic N) is 3. The molecule has 1 unspecified atom stereocenters. The zero-order valence-corrected chi connectivity index (χ0v) is 15.7. The first kappa shape index (κ1) is 19.2. The van der Waals surface area contributed by atoms with Gasteiger partial charge in [0, 0.05) is 31.3 Å². The summed E-state index contributed by atoms with van der Waals surface area (Å²) in [5.74, 6) is 0. The summed E-state index contributed by atoms with van der Waals surface area (Å²) in [6, 6.07) is 0. The van der Waals surface area contributed by atoms with E-state index in [0.717, 1.165) is 12.0 Å². The lowest BCUT2D eigenvalue weighted by Crippen LogP contribution is -2.49. The second-order valence-electron chi connectivity index (χ2n) is 8.12. The number of carbonyl (C=O) groups is 2. The minimum Gasteiger partial charge on any atom is -0.444 e. The molecule has 23 heavy (non-hydrogen) atoms. The van der Waals surface area contributed by atoms with Gasteiger partial charge in [-0.15, -0.1) is 0 Å². The van der Waals surface area contributed by atoms with Crippen LogP contribution in [0.15, 0.2) is 6.20 Å². The molecule has 1 atom stereocenters. The number of aryl methyl sites for hydroxylation is 1. The zero-order chi connectivity index (χ0) is 18.2. The Labute approximate surface area is 138 Å². The highest BCUT2D eigenvalue weighted by Crippen LogP contribution is 2.34. The number of ether oxygens (including phenoxy) is 1. The van der Waals surface area contributed by atoms with Crippen molar-refractivity contribution in [3.05, 3.63) is 17.5 Å². The number of hydrogen-bond donors (Lipinski definition) is 0. The van der Waals surface area contributed by atoms with E-state index in [1.54, 1.807) is 52.7 Å². The van der Waals surface area contributed by atoms with Crippen LogP contribution in [0.1, 0.15) is 59.7 Å². The van der Waals surface area contributed by atoms with Crippen LogP contribution in [0, 0.1) is 0 Å². The van der Waals surface area contributed by atoms with E-state index < -0.39 is 17.2 Å². The van der Waals surface area contributed by atoms with Crippen LogP contribution in [0.5, 0.6) is 0 Å². The minimum atomic E-state index is -1.15. The molecule has 0 bridgehead atoms. The summed E-state index contributed by atoms with van der Waals surface area (Å²) in [4.78, 5) is 25.7. The Morgan fingerprint density at radius 1 is 1.22 bits per heavy atom. The third-order valence-electron chi connectivity index (χ3n) is 3.68. The Kier molecular flexibility index (Phi) is 4.99. The van der Waals surface area contributed by atoms with Crippen LogP contribution in [-0.4, -0.2) is 39.7 Å². The second kappa shape index (κ2) is 5.98. The van der Waals surface area contributed by atoms with Gasteiger partial charge in [0.1, 0.15) is 17.4 Å². The molecule has 0 aliphatic carbocycles. The Morgan fingerprint density at radius 2 is 1.74 bits per heavy atom. The minimum absolute atomic E-state index is 0.254. The fraction of sp³-hybridized carbons (Fsp3) is 0.706. The molecule has 0 saturated carbocycles. The maximum Gasteiger partial charge on any atom is 0.411 e. The third kappa shape index (κ3) is 4.12. The number of hydrogen-bond acceptors (Lipinski definition) is 4. The molecule has 0 N–H and O–H groups in total. The molecule has 0 fully saturated rings. The van der Waals surface area contributed by atoms with Crippen LogP contribution < -0.4 is 0 Å². The van der Waals surface area contributed by atoms with E-state index >= 15 is 0 Å². The summed E-state index contributed by atoms with van der Waals surface area (Å²) in [6.07, 6.45) is 2.01. The lowest BCUT2D eigenvalue weighted by molar-refractivity contribution is -0.117. The summed E-state index contributed by atoms with van der Waals surface area (Å²) >= 11 is 0. The summed E-state index contributed by atoms with van der Waals surface area (Å²) in [6.45, 7) is 13.2. The highest BCUT2D eigenvalue weighted by atomic mass is 16.6. The molecule has 1 aromatic heterocycles. The Hall–Kier alpha value is -1.85. The highest BCUT2D eigenvalue weighted by Gasteiger charge is 2.41. The maximum absolute atomic E-state index is 12.4. The first-order valence-corrected chi connectivity index (χ1v) is 7.70. The number of likely N-dealkylation sites (N-methyl/N-ethyl adjacent to an activating group) is 1. The molecule has 0 saturated heterocycles. The van der Waals surface area contributed by atoms with E-state index in [2.05, 4.69) is 5.10 Å². The third-order valence-corrected chi connectivity index (χ3v) is 3.68. The van der Waals surface area contributed by atoms with E-state index in [1.165, 1.54) is 4.90 Å². The predicted octanol–water partition coefficient (Wildman–Crippen LogP) is 3.00. The van der Waals surface area contributed by atoms with Crippen LogP contribution in [0.4, 0.5) is 4.79 Å². The average molecular weight is 323 g/mol. The van der Waals surface area contributed by atoms with Crippen molar-refractivity contribution in [2.75, 3.05) is 7.05 Å². The van der Waals surface area contributed by atoms with E-state index in [9.17, 15) is 9.59 Å². The molecule has 0 aromatic carbocycles. The van der Waals surface area contributed by atoms with Gasteiger partial charge in [-0.3, -0.25) is 9.58 Å². The maximum atomic E-state index is 12.4. The largest absolute Gasteiger partial charge is 0.444 e. The fourth-order valence-electron chi connectivity index (χ4n) is 2.26. The summed E-state index contributed by atoms with van der Waals surface area (Å²) in [7, 11) is 3.37. The molecule has 1 amide bonds. The Balaban J connectivity index is 3.36. The van der Waals surface area contributed by atoms with E-state index in [0.29, 0.717) is 5.56 Å². The normalized spacial score (nSPS) is 15.0. The van der Waals surface area contributed by atoms with E-state index in [-0.39, 0.29) is 5.41 Å². The Bertz CT molecular complexity index is 593. The molecule has 0 aliphatic rings. The van der Waals surface area contributed by atoms with Crippen LogP contribution in [0.3, 0.4) is 0 Å². The van der Waals surface area contributed by atoms with Gasteiger partial charge >= 0.3 is 6.09 Å². The van der Waals surface area contributed by atoms with Gasteiger partial charge in [0.15, 0.2) is 0 Å². The number of rotatable bonds is 3. The summed E-state index contributed by atoms with van der Waals surface area (Å²) in [5, 5.41) is 4.49. The summed E-state index contributed by atoms with van der Waals surface area (Å²) in [5.41, 5.74) is -0.549. The van der Waals surface area contributed by atoms with Crippen molar-refractivity contribution in [2.24, 2.45) is 7.05 Å². The molecule has 1 heterocycles.